The van der Waals surface area contributed by atoms with Crippen LogP contribution in [0.2, 0.25) is 0 Å². The first kappa shape index (κ1) is 13.6. The first-order valence-electron chi connectivity index (χ1n) is 6.62. The molecule has 1 atom stereocenters. The van der Waals surface area contributed by atoms with Crippen molar-refractivity contribution < 1.29 is 4.74 Å². The summed E-state index contributed by atoms with van der Waals surface area (Å²) in [5.74, 6) is 0.894. The first-order chi connectivity index (χ1) is 9.29. The first-order valence-corrected chi connectivity index (χ1v) is 6.62. The molecule has 0 fully saturated rings. The molecule has 0 spiro atoms. The summed E-state index contributed by atoms with van der Waals surface area (Å²) in [7, 11) is 0. The maximum Gasteiger partial charge on any atom is 0.119 e. The number of nitrogens with zero attached hydrogens (tertiary/aromatic N) is 1. The molecule has 0 saturated carbocycles. The largest absolute Gasteiger partial charge is 0.492 e. The summed E-state index contributed by atoms with van der Waals surface area (Å²) < 4.78 is 5.82. The van der Waals surface area contributed by atoms with E-state index < -0.39 is 0 Å². The average molecular weight is 256 g/mol. The molecule has 0 saturated heterocycles. The number of likely N-dealkylation sites (N-methyl/N-ethyl adjacent to an activating group) is 1. The third kappa shape index (κ3) is 4.07. The van der Waals surface area contributed by atoms with Crippen molar-refractivity contribution in [1.82, 2.24) is 10.3 Å². The fraction of sp³-hybridized carbons (Fsp3) is 0.312. The van der Waals surface area contributed by atoms with Crippen molar-refractivity contribution >= 4 is 0 Å². The van der Waals surface area contributed by atoms with Gasteiger partial charge in [-0.1, -0.05) is 31.2 Å². The maximum atomic E-state index is 5.82. The number of aryl methyl sites for hydroxylation is 1. The quantitative estimate of drug-likeness (QED) is 0.862. The number of ether oxygens (including phenoxy) is 1. The average Bonchev–Trinajstić information content (AvgIpc) is 2.44. The minimum Gasteiger partial charge on any atom is -0.492 e. The highest BCUT2D eigenvalue weighted by Crippen LogP contribution is 2.16. The summed E-state index contributed by atoms with van der Waals surface area (Å²) in [4.78, 5) is 4.25. The van der Waals surface area contributed by atoms with Gasteiger partial charge >= 0.3 is 0 Å². The Balaban J connectivity index is 2.04. The third-order valence-corrected chi connectivity index (χ3v) is 2.91. The van der Waals surface area contributed by atoms with Crippen molar-refractivity contribution in [2.45, 2.75) is 19.9 Å². The zero-order valence-electron chi connectivity index (χ0n) is 11.5. The molecule has 100 valence electrons. The Hall–Kier alpha value is -1.87. The lowest BCUT2D eigenvalue weighted by Gasteiger charge is -2.19. The van der Waals surface area contributed by atoms with Crippen LogP contribution in [0.1, 0.15) is 24.1 Å². The lowest BCUT2D eigenvalue weighted by Crippen LogP contribution is -2.26. The number of aromatic nitrogens is 1. The van der Waals surface area contributed by atoms with Crippen LogP contribution in [0.3, 0.4) is 0 Å². The normalized spacial score (nSPS) is 12.1. The Morgan fingerprint density at radius 1 is 1.21 bits per heavy atom. The van der Waals surface area contributed by atoms with Gasteiger partial charge in [0.2, 0.25) is 0 Å². The molecule has 1 aromatic carbocycles. The molecule has 0 aliphatic carbocycles. The lowest BCUT2D eigenvalue weighted by molar-refractivity contribution is 0.268. The second-order valence-electron chi connectivity index (χ2n) is 4.53. The topological polar surface area (TPSA) is 34.1 Å². The van der Waals surface area contributed by atoms with E-state index in [0.717, 1.165) is 17.9 Å². The molecule has 0 aliphatic rings. The Morgan fingerprint density at radius 2 is 2.00 bits per heavy atom. The zero-order valence-corrected chi connectivity index (χ0v) is 11.5. The van der Waals surface area contributed by atoms with E-state index in [-0.39, 0.29) is 6.04 Å². The predicted molar refractivity (Wildman–Crippen MR) is 77.3 cm³/mol. The van der Waals surface area contributed by atoms with E-state index in [9.17, 15) is 0 Å². The highest BCUT2D eigenvalue weighted by Gasteiger charge is 2.11. The van der Waals surface area contributed by atoms with Crippen LogP contribution < -0.4 is 10.1 Å². The molecule has 3 nitrogen and oxygen atoms in total. The molecule has 3 heteroatoms. The summed E-state index contributed by atoms with van der Waals surface area (Å²) in [6.07, 6.45) is 3.76. The highest BCUT2D eigenvalue weighted by molar-refractivity contribution is 5.23. The van der Waals surface area contributed by atoms with Gasteiger partial charge in [-0.25, -0.2) is 0 Å². The van der Waals surface area contributed by atoms with E-state index in [1.165, 1.54) is 5.56 Å². The Labute approximate surface area is 114 Å². The van der Waals surface area contributed by atoms with E-state index in [2.05, 4.69) is 30.2 Å². The van der Waals surface area contributed by atoms with E-state index in [0.29, 0.717) is 6.61 Å². The smallest absolute Gasteiger partial charge is 0.119 e. The Morgan fingerprint density at radius 3 is 2.68 bits per heavy atom. The number of benzene rings is 1. The van der Waals surface area contributed by atoms with Gasteiger partial charge in [0.1, 0.15) is 12.4 Å². The fourth-order valence-corrected chi connectivity index (χ4v) is 1.98. The molecule has 1 heterocycles. The number of hydrogen-bond acceptors (Lipinski definition) is 3. The molecule has 0 amide bonds. The second kappa shape index (κ2) is 6.90. The van der Waals surface area contributed by atoms with Crippen molar-refractivity contribution in [1.29, 1.82) is 0 Å². The SMILES string of the molecule is CCNC(COc1ccccc1)c1cncc(C)c1. The molecular weight excluding hydrogens is 236 g/mol. The summed E-state index contributed by atoms with van der Waals surface area (Å²) in [5, 5.41) is 3.43. The van der Waals surface area contributed by atoms with Gasteiger partial charge in [0.25, 0.3) is 0 Å². The van der Waals surface area contributed by atoms with Gasteiger partial charge in [0, 0.05) is 12.4 Å². The van der Waals surface area contributed by atoms with Crippen LogP contribution in [-0.4, -0.2) is 18.1 Å². The van der Waals surface area contributed by atoms with Crippen LogP contribution >= 0.6 is 0 Å². The number of nitrogens with one attached hydrogen (secondary N) is 1. The van der Waals surface area contributed by atoms with Crippen LogP contribution in [0.25, 0.3) is 0 Å². The number of rotatable bonds is 6. The van der Waals surface area contributed by atoms with E-state index in [4.69, 9.17) is 4.74 Å². The van der Waals surface area contributed by atoms with Crippen molar-refractivity contribution in [2.24, 2.45) is 0 Å². The molecule has 0 radical (unpaired) electrons. The van der Waals surface area contributed by atoms with Crippen molar-refractivity contribution in [3.8, 4) is 5.75 Å². The summed E-state index contributed by atoms with van der Waals surface area (Å²) in [5.41, 5.74) is 2.33. The van der Waals surface area contributed by atoms with Crippen LogP contribution in [0.5, 0.6) is 5.75 Å². The van der Waals surface area contributed by atoms with E-state index >= 15 is 0 Å². The van der Waals surface area contributed by atoms with Gasteiger partial charge in [-0.3, -0.25) is 4.98 Å². The number of pyridine rings is 1. The molecule has 1 N–H and O–H groups in total. The summed E-state index contributed by atoms with van der Waals surface area (Å²) in [6, 6.07) is 12.2. The molecule has 1 unspecified atom stereocenters. The number of para-hydroxylation sites is 1. The number of hydrogen-bond donors (Lipinski definition) is 1. The molecule has 19 heavy (non-hydrogen) atoms. The molecule has 0 bridgehead atoms. The lowest BCUT2D eigenvalue weighted by atomic mass is 10.1. The molecule has 0 aliphatic heterocycles. The minimum atomic E-state index is 0.164. The van der Waals surface area contributed by atoms with Crippen LogP contribution in [-0.2, 0) is 0 Å². The molecular formula is C16H20N2O. The fourth-order valence-electron chi connectivity index (χ4n) is 1.98. The molecule has 1 aromatic heterocycles. The predicted octanol–water partition coefficient (Wildman–Crippen LogP) is 3.12. The van der Waals surface area contributed by atoms with Gasteiger partial charge in [0.05, 0.1) is 6.04 Å². The Kier molecular flexibility index (Phi) is 4.93. The van der Waals surface area contributed by atoms with Crippen LogP contribution in [0, 0.1) is 6.92 Å². The zero-order chi connectivity index (χ0) is 13.5. The second-order valence-corrected chi connectivity index (χ2v) is 4.53. The van der Waals surface area contributed by atoms with Crippen LogP contribution in [0.4, 0.5) is 0 Å². The van der Waals surface area contributed by atoms with E-state index in [1.54, 1.807) is 0 Å². The summed E-state index contributed by atoms with van der Waals surface area (Å²) >= 11 is 0. The highest BCUT2D eigenvalue weighted by atomic mass is 16.5. The monoisotopic (exact) mass is 256 g/mol. The van der Waals surface area contributed by atoms with Gasteiger partial charge in [-0.15, -0.1) is 0 Å². The standard InChI is InChI=1S/C16H20N2O/c1-3-18-16(14-9-13(2)10-17-11-14)12-19-15-7-5-4-6-8-15/h4-11,16,18H,3,12H2,1-2H3. The molecule has 2 rings (SSSR count). The van der Waals surface area contributed by atoms with Crippen molar-refractivity contribution in [3.63, 3.8) is 0 Å². The summed E-state index contributed by atoms with van der Waals surface area (Å²) in [6.45, 7) is 5.65. The van der Waals surface area contributed by atoms with Crippen LogP contribution in [0.15, 0.2) is 48.8 Å². The minimum absolute atomic E-state index is 0.164. The maximum absolute atomic E-state index is 5.82. The van der Waals surface area contributed by atoms with Gasteiger partial charge in [-0.05, 0) is 36.7 Å². The molecule has 2 aromatic rings. The van der Waals surface area contributed by atoms with E-state index in [1.807, 2.05) is 42.7 Å². The van der Waals surface area contributed by atoms with Crippen molar-refractivity contribution in [3.05, 3.63) is 59.9 Å². The van der Waals surface area contributed by atoms with Gasteiger partial charge in [-0.2, -0.15) is 0 Å². The Bertz CT molecular complexity index is 499. The third-order valence-electron chi connectivity index (χ3n) is 2.91. The van der Waals surface area contributed by atoms with Gasteiger partial charge < -0.3 is 10.1 Å². The van der Waals surface area contributed by atoms with Gasteiger partial charge in [0.15, 0.2) is 0 Å². The van der Waals surface area contributed by atoms with Crippen molar-refractivity contribution in [2.75, 3.05) is 13.2 Å².